The van der Waals surface area contributed by atoms with Gasteiger partial charge in [-0.05, 0) is 49.6 Å². The number of hydrogen-bond acceptors (Lipinski definition) is 6. The van der Waals surface area contributed by atoms with E-state index in [4.69, 9.17) is 0 Å². The zero-order valence-corrected chi connectivity index (χ0v) is 23.2. The van der Waals surface area contributed by atoms with Gasteiger partial charge in [0, 0.05) is 49.0 Å². The fraction of sp³-hybridized carbons (Fsp3) is 0.500. The maximum absolute atomic E-state index is 13.0. The predicted octanol–water partition coefficient (Wildman–Crippen LogP) is 5.11. The lowest BCUT2D eigenvalue weighted by molar-refractivity contribution is 0.312. The summed E-state index contributed by atoms with van der Waals surface area (Å²) in [4.78, 5) is 9.14. The fourth-order valence-corrected chi connectivity index (χ4v) is 6.81. The maximum atomic E-state index is 13.0. The number of pyridine rings is 1. The van der Waals surface area contributed by atoms with Crippen molar-refractivity contribution in [2.75, 3.05) is 44.7 Å². The van der Waals surface area contributed by atoms with Crippen LogP contribution in [0.5, 0.6) is 0 Å². The number of halogens is 1. The number of anilines is 1. The molecule has 9 heteroatoms. The van der Waals surface area contributed by atoms with Crippen LogP contribution in [0.4, 0.5) is 5.82 Å². The number of nitrogens with zero attached hydrogens (tertiary/aromatic N) is 3. The Balaban J connectivity index is 0.00000342. The molecule has 0 atom stereocenters. The minimum Gasteiger partial charge on any atom is -0.354 e. The molecule has 1 aliphatic heterocycles. The summed E-state index contributed by atoms with van der Waals surface area (Å²) in [6.07, 6.45) is 8.64. The van der Waals surface area contributed by atoms with Gasteiger partial charge in [0.05, 0.1) is 0 Å². The lowest BCUT2D eigenvalue weighted by Crippen LogP contribution is -2.44. The molecule has 0 unspecified atom stereocenters. The molecule has 1 aromatic carbocycles. The second kappa shape index (κ2) is 13.0. The Labute approximate surface area is 220 Å². The highest BCUT2D eigenvalue weighted by Crippen LogP contribution is 2.34. The molecule has 192 valence electrons. The number of sulfonamides is 1. The minimum absolute atomic E-state index is 0. The van der Waals surface area contributed by atoms with E-state index in [1.807, 2.05) is 6.07 Å². The average molecular weight is 537 g/mol. The van der Waals surface area contributed by atoms with Crippen LogP contribution in [0.15, 0.2) is 46.8 Å². The summed E-state index contributed by atoms with van der Waals surface area (Å²) in [6.45, 7) is 6.37. The van der Waals surface area contributed by atoms with Crippen LogP contribution >= 0.6 is 23.7 Å². The van der Waals surface area contributed by atoms with E-state index in [0.717, 1.165) is 54.1 Å². The highest BCUT2D eigenvalue weighted by Gasteiger charge is 2.22. The van der Waals surface area contributed by atoms with Crippen LogP contribution in [-0.4, -0.2) is 58.1 Å². The number of unbranched alkanes of at least 4 members (excludes halogenated alkanes) is 3. The SMILES string of the molecule is CCCCCCc1ccc(CCNS(=O)(=O)c2cc3c(N4CCN(C)CC4)nccc3s2)cc1.Cl. The smallest absolute Gasteiger partial charge is 0.250 e. The van der Waals surface area contributed by atoms with Crippen molar-refractivity contribution < 1.29 is 8.42 Å². The number of aryl methyl sites for hydroxylation is 1. The molecule has 35 heavy (non-hydrogen) atoms. The van der Waals surface area contributed by atoms with Gasteiger partial charge in [0.15, 0.2) is 0 Å². The van der Waals surface area contributed by atoms with E-state index in [1.165, 1.54) is 42.6 Å². The molecule has 0 amide bonds. The molecule has 0 bridgehead atoms. The molecule has 6 nitrogen and oxygen atoms in total. The van der Waals surface area contributed by atoms with Crippen molar-refractivity contribution in [3.8, 4) is 0 Å². The van der Waals surface area contributed by atoms with Crippen molar-refractivity contribution in [2.45, 2.75) is 49.7 Å². The second-order valence-corrected chi connectivity index (χ2v) is 12.3. The molecule has 0 aliphatic carbocycles. The first-order valence-corrected chi connectivity index (χ1v) is 14.7. The van der Waals surface area contributed by atoms with E-state index in [9.17, 15) is 8.42 Å². The highest BCUT2D eigenvalue weighted by atomic mass is 35.5. The molecular formula is C26H37ClN4O2S2. The molecule has 1 N–H and O–H groups in total. The molecule has 2 aromatic heterocycles. The number of fused-ring (bicyclic) bond motifs is 1. The third kappa shape index (κ3) is 7.40. The topological polar surface area (TPSA) is 65.5 Å². The van der Waals surface area contributed by atoms with Crippen LogP contribution < -0.4 is 9.62 Å². The summed E-state index contributed by atoms with van der Waals surface area (Å²) in [6, 6.07) is 12.3. The summed E-state index contributed by atoms with van der Waals surface area (Å²) < 4.78 is 30.1. The van der Waals surface area contributed by atoms with Gasteiger partial charge in [-0.3, -0.25) is 0 Å². The van der Waals surface area contributed by atoms with E-state index in [2.05, 4.69) is 57.7 Å². The Morgan fingerprint density at radius 1 is 0.971 bits per heavy atom. The van der Waals surface area contributed by atoms with Crippen molar-refractivity contribution in [1.29, 1.82) is 0 Å². The first-order chi connectivity index (χ1) is 16.5. The predicted molar refractivity (Wildman–Crippen MR) is 150 cm³/mol. The largest absolute Gasteiger partial charge is 0.354 e. The van der Waals surface area contributed by atoms with Crippen LogP contribution in [0, 0.1) is 0 Å². The summed E-state index contributed by atoms with van der Waals surface area (Å²) >= 11 is 1.31. The highest BCUT2D eigenvalue weighted by molar-refractivity contribution is 7.91. The third-order valence-electron chi connectivity index (χ3n) is 6.52. The standard InChI is InChI=1S/C26H36N4O2S2.ClH/c1-3-4-5-6-7-21-8-10-22(11-9-21)12-15-28-34(31,32)25-20-23-24(33-25)13-14-27-26(23)30-18-16-29(2)17-19-30;/h8-11,13-14,20,28H,3-7,12,15-19H2,1-2H3;1H. The monoisotopic (exact) mass is 536 g/mol. The van der Waals surface area contributed by atoms with E-state index < -0.39 is 10.0 Å². The van der Waals surface area contributed by atoms with Crippen molar-refractivity contribution in [3.63, 3.8) is 0 Å². The Hall–Kier alpha value is -1.71. The molecule has 0 radical (unpaired) electrons. The van der Waals surface area contributed by atoms with Crippen molar-refractivity contribution in [1.82, 2.24) is 14.6 Å². The van der Waals surface area contributed by atoms with Crippen molar-refractivity contribution in [2.24, 2.45) is 0 Å². The van der Waals surface area contributed by atoms with E-state index in [-0.39, 0.29) is 12.4 Å². The van der Waals surface area contributed by atoms with Gasteiger partial charge in [-0.25, -0.2) is 18.1 Å². The summed E-state index contributed by atoms with van der Waals surface area (Å²) in [5.41, 5.74) is 2.51. The Bertz CT molecular complexity index is 1170. The molecule has 0 saturated carbocycles. The number of benzene rings is 1. The number of piperazine rings is 1. The number of likely N-dealkylation sites (N-methyl/N-ethyl adjacent to an activating group) is 1. The summed E-state index contributed by atoms with van der Waals surface area (Å²) in [5, 5.41) is 0.923. The van der Waals surface area contributed by atoms with E-state index >= 15 is 0 Å². The van der Waals surface area contributed by atoms with E-state index in [0.29, 0.717) is 17.2 Å². The zero-order valence-electron chi connectivity index (χ0n) is 20.7. The van der Waals surface area contributed by atoms with Crippen LogP contribution in [0.3, 0.4) is 0 Å². The Morgan fingerprint density at radius 2 is 1.66 bits per heavy atom. The van der Waals surface area contributed by atoms with Gasteiger partial charge < -0.3 is 9.80 Å². The van der Waals surface area contributed by atoms with Crippen LogP contribution in [0.1, 0.15) is 43.7 Å². The normalized spacial score (nSPS) is 14.9. The number of hydrogen-bond donors (Lipinski definition) is 1. The molecular weight excluding hydrogens is 500 g/mol. The molecule has 3 heterocycles. The van der Waals surface area contributed by atoms with Gasteiger partial charge in [-0.2, -0.15) is 0 Å². The van der Waals surface area contributed by atoms with Crippen LogP contribution in [0.25, 0.3) is 10.1 Å². The van der Waals surface area contributed by atoms with Crippen LogP contribution in [0.2, 0.25) is 0 Å². The summed E-state index contributed by atoms with van der Waals surface area (Å²) in [5.74, 6) is 0.887. The third-order valence-corrected chi connectivity index (χ3v) is 9.55. The number of rotatable bonds is 11. The van der Waals surface area contributed by atoms with Gasteiger partial charge in [0.1, 0.15) is 10.0 Å². The van der Waals surface area contributed by atoms with E-state index in [1.54, 1.807) is 12.3 Å². The quantitative estimate of drug-likeness (QED) is 0.345. The fourth-order valence-electron chi connectivity index (χ4n) is 4.36. The van der Waals surface area contributed by atoms with Gasteiger partial charge in [-0.15, -0.1) is 23.7 Å². The zero-order chi connectivity index (χ0) is 24.0. The summed E-state index contributed by atoms with van der Waals surface area (Å²) in [7, 11) is -1.44. The number of thiophene rings is 1. The van der Waals surface area contributed by atoms with Crippen molar-refractivity contribution >= 4 is 49.7 Å². The molecule has 0 spiro atoms. The Morgan fingerprint density at radius 3 is 2.34 bits per heavy atom. The van der Waals surface area contributed by atoms with Gasteiger partial charge in [-0.1, -0.05) is 50.5 Å². The lowest BCUT2D eigenvalue weighted by atomic mass is 10.0. The number of nitrogens with one attached hydrogen (secondary N) is 1. The first-order valence-electron chi connectivity index (χ1n) is 12.4. The molecule has 4 rings (SSSR count). The second-order valence-electron chi connectivity index (χ2n) is 9.18. The average Bonchev–Trinajstić information content (AvgIpc) is 3.29. The van der Waals surface area contributed by atoms with Crippen molar-refractivity contribution in [3.05, 3.63) is 53.7 Å². The molecule has 3 aromatic rings. The van der Waals surface area contributed by atoms with Gasteiger partial charge >= 0.3 is 0 Å². The maximum Gasteiger partial charge on any atom is 0.250 e. The van der Waals surface area contributed by atoms with Gasteiger partial charge in [0.2, 0.25) is 10.0 Å². The minimum atomic E-state index is -3.56. The molecule has 1 aliphatic rings. The first kappa shape index (κ1) is 27.9. The lowest BCUT2D eigenvalue weighted by Gasteiger charge is -2.33. The number of aromatic nitrogens is 1. The van der Waals surface area contributed by atoms with Crippen LogP contribution in [-0.2, 0) is 22.9 Å². The van der Waals surface area contributed by atoms with Gasteiger partial charge in [0.25, 0.3) is 0 Å². The Kier molecular flexibility index (Phi) is 10.4. The molecule has 1 saturated heterocycles. The molecule has 1 fully saturated rings.